The van der Waals surface area contributed by atoms with E-state index in [0.717, 1.165) is 12.8 Å². The summed E-state index contributed by atoms with van der Waals surface area (Å²) in [5.41, 5.74) is 0. The largest absolute Gasteiger partial charge is 0.481 e. The Hall–Kier alpha value is -5.26. The smallest absolute Gasteiger partial charge is 0.314 e. The number of hydrogen-bond acceptors (Lipinski definition) is 21. The van der Waals surface area contributed by atoms with Crippen molar-refractivity contribution in [2.24, 2.45) is 0 Å². The van der Waals surface area contributed by atoms with Gasteiger partial charge >= 0.3 is 59.7 Å². The summed E-state index contributed by atoms with van der Waals surface area (Å²) in [6.45, 7) is 2.08. The normalized spacial score (nSPS) is 11.4. The van der Waals surface area contributed by atoms with Crippen molar-refractivity contribution in [2.75, 3.05) is 79.3 Å². The number of rotatable bonds is 40. The summed E-state index contributed by atoms with van der Waals surface area (Å²) in [4.78, 5) is 109. The second-order valence-electron chi connectivity index (χ2n) is 14.4. The molecule has 23 heteroatoms. The molecular formula is C44H72O23. The molecule has 0 spiro atoms. The third-order valence-electron chi connectivity index (χ3n) is 8.46. The van der Waals surface area contributed by atoms with Gasteiger partial charge in [-0.1, -0.05) is 12.8 Å². The summed E-state index contributed by atoms with van der Waals surface area (Å²) in [6, 6.07) is 0. The van der Waals surface area contributed by atoms with E-state index in [0.29, 0.717) is 77.0 Å². The molecule has 0 aliphatic carbocycles. The van der Waals surface area contributed by atoms with Gasteiger partial charge in [0.05, 0.1) is 78.2 Å². The standard InChI is InChI=1S/C24H38O13.C16H30O7.C4H4O3/c25-19(26)9-11-23(31)34-13-5-1-3-7-21(29)36-17-15-33-16-18-37-22(30)8-4-2-6-14-35-24(32)12-10-20(27)28;17-9-5-1-3-7-15(19)22-13-11-21-12-14-23-16(20)8-4-2-6-10-18;5-3-1-2-4(6)7-3/h1-18H2,(H,25,26)(H,27,28);17-18H,1-14H2;1-2H2. The van der Waals surface area contributed by atoms with Gasteiger partial charge in [-0.05, 0) is 64.2 Å². The van der Waals surface area contributed by atoms with Crippen molar-refractivity contribution < 1.29 is 111 Å². The van der Waals surface area contributed by atoms with Gasteiger partial charge in [-0.3, -0.25) is 47.9 Å². The summed E-state index contributed by atoms with van der Waals surface area (Å²) >= 11 is 0. The zero-order chi connectivity index (χ0) is 50.2. The van der Waals surface area contributed by atoms with Gasteiger partial charge in [0.2, 0.25) is 0 Å². The van der Waals surface area contributed by atoms with E-state index in [1.807, 2.05) is 0 Å². The molecule has 0 saturated carbocycles. The van der Waals surface area contributed by atoms with Crippen molar-refractivity contribution in [3.63, 3.8) is 0 Å². The lowest BCUT2D eigenvalue weighted by Gasteiger charge is -2.08. The Labute approximate surface area is 390 Å². The molecule has 0 aromatic rings. The van der Waals surface area contributed by atoms with Crippen LogP contribution in [0.2, 0.25) is 0 Å². The number of carbonyl (C=O) groups is 10. The van der Waals surface area contributed by atoms with Crippen LogP contribution in [0.5, 0.6) is 0 Å². The number of aliphatic carboxylic acids is 2. The minimum Gasteiger partial charge on any atom is -0.481 e. The third kappa shape index (κ3) is 51.6. The SMILES string of the molecule is O=C(CCCCCO)OCCOCCOC(=O)CCCCCO.O=C(O)CCC(=O)OCCCCCC(=O)OCCOCCOC(=O)CCCCCOC(=O)CCC(=O)O.O=C1CCC(=O)O1. The van der Waals surface area contributed by atoms with Crippen molar-refractivity contribution >= 4 is 59.7 Å². The van der Waals surface area contributed by atoms with Crippen molar-refractivity contribution in [3.8, 4) is 0 Å². The van der Waals surface area contributed by atoms with Crippen molar-refractivity contribution in [3.05, 3.63) is 0 Å². The van der Waals surface area contributed by atoms with E-state index in [9.17, 15) is 47.9 Å². The molecular weight excluding hydrogens is 896 g/mol. The van der Waals surface area contributed by atoms with E-state index in [4.69, 9.17) is 58.3 Å². The Morgan fingerprint density at radius 1 is 0.343 bits per heavy atom. The van der Waals surface area contributed by atoms with Gasteiger partial charge in [-0.15, -0.1) is 0 Å². The monoisotopic (exact) mass is 968 g/mol. The Balaban J connectivity index is 0. The molecule has 0 aromatic carbocycles. The molecule has 1 fully saturated rings. The Bertz CT molecular complexity index is 1300. The number of esters is 8. The lowest BCUT2D eigenvalue weighted by atomic mass is 10.2. The summed E-state index contributed by atoms with van der Waals surface area (Å²) in [5, 5.41) is 34.1. The minimum absolute atomic E-state index is 0.0782. The molecule has 1 rings (SSSR count). The molecule has 4 N–H and O–H groups in total. The maximum absolute atomic E-state index is 11.6. The molecule has 0 amide bonds. The summed E-state index contributed by atoms with van der Waals surface area (Å²) in [7, 11) is 0. The molecule has 1 heterocycles. The first-order valence-electron chi connectivity index (χ1n) is 22.7. The fraction of sp³-hybridized carbons (Fsp3) is 0.773. The van der Waals surface area contributed by atoms with Gasteiger partial charge in [0, 0.05) is 38.9 Å². The van der Waals surface area contributed by atoms with Gasteiger partial charge in [0.15, 0.2) is 0 Å². The Morgan fingerprint density at radius 2 is 0.612 bits per heavy atom. The van der Waals surface area contributed by atoms with Crippen molar-refractivity contribution in [2.45, 2.75) is 141 Å². The molecule has 67 heavy (non-hydrogen) atoms. The van der Waals surface area contributed by atoms with Gasteiger partial charge in [0.25, 0.3) is 0 Å². The highest BCUT2D eigenvalue weighted by atomic mass is 16.6. The number of carbonyl (C=O) groups excluding carboxylic acids is 8. The molecule has 0 aromatic heterocycles. The van der Waals surface area contributed by atoms with Crippen molar-refractivity contribution in [1.82, 2.24) is 0 Å². The average Bonchev–Trinajstić information content (AvgIpc) is 3.68. The lowest BCUT2D eigenvalue weighted by molar-refractivity contribution is -0.152. The highest BCUT2D eigenvalue weighted by molar-refractivity contribution is 5.92. The highest BCUT2D eigenvalue weighted by Crippen LogP contribution is 2.06. The molecule has 0 radical (unpaired) electrons. The van der Waals surface area contributed by atoms with Crippen LogP contribution in [-0.2, 0) is 90.6 Å². The maximum Gasteiger partial charge on any atom is 0.314 e. The molecule has 0 atom stereocenters. The molecule has 0 unspecified atom stereocenters. The topological polar surface area (TPSA) is 335 Å². The molecule has 23 nitrogen and oxygen atoms in total. The van der Waals surface area contributed by atoms with Crippen LogP contribution in [0.3, 0.4) is 0 Å². The predicted octanol–water partition coefficient (Wildman–Crippen LogP) is 3.07. The average molecular weight is 969 g/mol. The van der Waals surface area contributed by atoms with Crippen LogP contribution < -0.4 is 0 Å². The fourth-order valence-electron chi connectivity index (χ4n) is 4.93. The molecule has 0 bridgehead atoms. The maximum atomic E-state index is 11.6. The number of unbranched alkanes of at least 4 members (excludes halogenated alkanes) is 8. The van der Waals surface area contributed by atoms with Crippen LogP contribution in [0.15, 0.2) is 0 Å². The first kappa shape index (κ1) is 63.8. The van der Waals surface area contributed by atoms with Crippen LogP contribution in [0.1, 0.15) is 141 Å². The summed E-state index contributed by atoms with van der Waals surface area (Å²) in [6.07, 6.45) is 8.90. The number of aliphatic hydroxyl groups excluding tert-OH is 2. The quantitative estimate of drug-likeness (QED) is 0.0297. The number of carboxylic acids is 2. The Morgan fingerprint density at radius 3 is 0.866 bits per heavy atom. The third-order valence-corrected chi connectivity index (χ3v) is 8.46. The zero-order valence-electron chi connectivity index (χ0n) is 38.6. The second-order valence-corrected chi connectivity index (χ2v) is 14.4. The number of aliphatic hydroxyl groups is 2. The predicted molar refractivity (Wildman–Crippen MR) is 230 cm³/mol. The first-order chi connectivity index (χ1) is 32.2. The molecule has 1 aliphatic heterocycles. The minimum atomic E-state index is -1.05. The van der Waals surface area contributed by atoms with Crippen LogP contribution in [0.25, 0.3) is 0 Å². The van der Waals surface area contributed by atoms with Crippen molar-refractivity contribution in [1.29, 1.82) is 0 Å². The fourth-order valence-corrected chi connectivity index (χ4v) is 4.93. The first-order valence-corrected chi connectivity index (χ1v) is 22.7. The lowest BCUT2D eigenvalue weighted by Crippen LogP contribution is -2.14. The van der Waals surface area contributed by atoms with Crippen LogP contribution in [0.4, 0.5) is 0 Å². The number of carboxylic acid groups (broad SMARTS) is 2. The second kappa shape index (κ2) is 47.2. The molecule has 386 valence electrons. The van der Waals surface area contributed by atoms with E-state index < -0.39 is 35.8 Å². The highest BCUT2D eigenvalue weighted by Gasteiger charge is 2.19. The van der Waals surface area contributed by atoms with Gasteiger partial charge < -0.3 is 63.1 Å². The van der Waals surface area contributed by atoms with Gasteiger partial charge in [-0.25, -0.2) is 0 Å². The van der Waals surface area contributed by atoms with Gasteiger partial charge in [0.1, 0.15) is 26.4 Å². The van der Waals surface area contributed by atoms with E-state index in [1.165, 1.54) is 0 Å². The van der Waals surface area contributed by atoms with Crippen LogP contribution in [0, 0.1) is 0 Å². The number of cyclic esters (lactones) is 2. The summed E-state index contributed by atoms with van der Waals surface area (Å²) < 4.78 is 44.3. The molecule has 1 saturated heterocycles. The van der Waals surface area contributed by atoms with E-state index >= 15 is 0 Å². The number of ether oxygens (including phenoxy) is 9. The van der Waals surface area contributed by atoms with Gasteiger partial charge in [-0.2, -0.15) is 0 Å². The van der Waals surface area contributed by atoms with E-state index in [2.05, 4.69) is 4.74 Å². The van der Waals surface area contributed by atoms with Crippen LogP contribution >= 0.6 is 0 Å². The Kier molecular flexibility index (Phi) is 45.0. The van der Waals surface area contributed by atoms with E-state index in [1.54, 1.807) is 0 Å². The zero-order valence-corrected chi connectivity index (χ0v) is 38.6. The van der Waals surface area contributed by atoms with E-state index in [-0.39, 0.29) is 155 Å². The summed E-state index contributed by atoms with van der Waals surface area (Å²) in [5.74, 6) is -5.28. The van der Waals surface area contributed by atoms with Crippen LogP contribution in [-0.4, -0.2) is 159 Å². The molecule has 1 aliphatic rings. The number of hydrogen-bond donors (Lipinski definition) is 4.